The summed E-state index contributed by atoms with van der Waals surface area (Å²) in [7, 11) is 0. The number of carboxylic acids is 1. The van der Waals surface area contributed by atoms with Crippen molar-refractivity contribution in [2.75, 3.05) is 13.3 Å². The van der Waals surface area contributed by atoms with E-state index in [1.165, 1.54) is 0 Å². The molecule has 0 saturated heterocycles. The largest absolute Gasteiger partial charge is 0.480 e. The van der Waals surface area contributed by atoms with Gasteiger partial charge in [0.05, 0.1) is 18.6 Å². The van der Waals surface area contributed by atoms with Crippen LogP contribution in [0.2, 0.25) is 0 Å². The lowest BCUT2D eigenvalue weighted by Crippen LogP contribution is -2.52. The number of Topliss-reactive ketones (excluding diaryl/α,β-unsaturated/α-hetero) is 1. The summed E-state index contributed by atoms with van der Waals surface area (Å²) in [5, 5.41) is 15.5. The highest BCUT2D eigenvalue weighted by molar-refractivity contribution is 5.91. The third-order valence-electron chi connectivity index (χ3n) is 6.04. The fraction of sp³-hybridized carbons (Fsp3) is 0.483. The highest BCUT2D eigenvalue weighted by Gasteiger charge is 2.34. The molecule has 0 amide bonds. The number of rotatable bonds is 14. The van der Waals surface area contributed by atoms with Gasteiger partial charge in [0.25, 0.3) is 0 Å². The number of carbonyl (C=O) groups is 3. The maximum absolute atomic E-state index is 14.1. The molecule has 0 spiro atoms. The van der Waals surface area contributed by atoms with E-state index in [4.69, 9.17) is 14.2 Å². The van der Waals surface area contributed by atoms with Gasteiger partial charge in [0.1, 0.15) is 11.6 Å². The van der Waals surface area contributed by atoms with Gasteiger partial charge >= 0.3 is 11.9 Å². The second kappa shape index (κ2) is 13.4. The molecule has 1 heterocycles. The third-order valence-corrected chi connectivity index (χ3v) is 6.04. The average Bonchev–Trinajstić information content (AvgIpc) is 3.33. The van der Waals surface area contributed by atoms with Crippen LogP contribution < -0.4 is 20.1 Å². The van der Waals surface area contributed by atoms with E-state index in [1.807, 2.05) is 25.1 Å². The van der Waals surface area contributed by atoms with Crippen LogP contribution in [0.25, 0.3) is 0 Å². The van der Waals surface area contributed by atoms with Gasteiger partial charge in [0.15, 0.2) is 17.3 Å². The molecule has 0 aromatic heterocycles. The predicted molar refractivity (Wildman–Crippen MR) is 142 cm³/mol. The van der Waals surface area contributed by atoms with Crippen molar-refractivity contribution in [2.45, 2.75) is 77.1 Å². The number of benzene rings is 2. The molecule has 0 saturated carbocycles. The Kier molecular flexibility index (Phi) is 10.3. The lowest BCUT2D eigenvalue weighted by molar-refractivity contribution is -0.158. The predicted octanol–water partition coefficient (Wildman–Crippen LogP) is 3.80. The summed E-state index contributed by atoms with van der Waals surface area (Å²) in [6.07, 6.45) is 2.38. The fourth-order valence-electron chi connectivity index (χ4n) is 4.26. The number of hydrogen-bond acceptors (Lipinski definition) is 8. The zero-order valence-electron chi connectivity index (χ0n) is 22.5. The van der Waals surface area contributed by atoms with E-state index in [-0.39, 0.29) is 19.0 Å². The summed E-state index contributed by atoms with van der Waals surface area (Å²) in [6.45, 7) is 7.18. The molecule has 1 aliphatic heterocycles. The van der Waals surface area contributed by atoms with Gasteiger partial charge in [-0.25, -0.2) is 0 Å². The van der Waals surface area contributed by atoms with Crippen molar-refractivity contribution in [3.8, 4) is 11.5 Å². The van der Waals surface area contributed by atoms with E-state index in [1.54, 1.807) is 51.1 Å². The molecule has 3 N–H and O–H groups in total. The number of nitrogens with one attached hydrogen (secondary N) is 2. The van der Waals surface area contributed by atoms with Crippen molar-refractivity contribution >= 4 is 17.7 Å². The summed E-state index contributed by atoms with van der Waals surface area (Å²) in [5.41, 5.74) is 0.762. The highest BCUT2D eigenvalue weighted by Crippen LogP contribution is 2.33. The quantitative estimate of drug-likeness (QED) is 0.315. The highest BCUT2D eigenvalue weighted by atomic mass is 16.7. The first kappa shape index (κ1) is 29.1. The zero-order chi connectivity index (χ0) is 27.7. The third kappa shape index (κ3) is 8.56. The number of ketones is 1. The molecule has 9 heteroatoms. The molecular formula is C29H38N2O7. The molecule has 9 nitrogen and oxygen atoms in total. The van der Waals surface area contributed by atoms with Crippen molar-refractivity contribution in [3.63, 3.8) is 0 Å². The van der Waals surface area contributed by atoms with Crippen LogP contribution in [0.5, 0.6) is 11.5 Å². The molecule has 3 atom stereocenters. The molecule has 0 radical (unpaired) electrons. The Bertz CT molecular complexity index is 1100. The molecule has 2 aromatic carbocycles. The fourth-order valence-corrected chi connectivity index (χ4v) is 4.26. The SMILES string of the molecule is CCCCC(N[C@@H](Cc1ccc2c(c1)OCO2)C(=O)C(NCC(=O)O)c1ccccc1)C(=O)OC(C)(C)C. The number of fused-ring (bicyclic) bond motifs is 1. The Hall–Kier alpha value is -3.43. The van der Waals surface area contributed by atoms with Gasteiger partial charge in [0.2, 0.25) is 6.79 Å². The smallest absolute Gasteiger partial charge is 0.323 e. The molecular weight excluding hydrogens is 488 g/mol. The molecule has 38 heavy (non-hydrogen) atoms. The number of esters is 1. The summed E-state index contributed by atoms with van der Waals surface area (Å²) in [6, 6.07) is 12.0. The minimum Gasteiger partial charge on any atom is -0.480 e. The van der Waals surface area contributed by atoms with Crippen molar-refractivity contribution in [1.82, 2.24) is 10.6 Å². The van der Waals surface area contributed by atoms with Crippen LogP contribution in [-0.2, 0) is 25.5 Å². The second-order valence-corrected chi connectivity index (χ2v) is 10.4. The van der Waals surface area contributed by atoms with Gasteiger partial charge in [0, 0.05) is 0 Å². The first-order valence-electron chi connectivity index (χ1n) is 13.0. The van der Waals surface area contributed by atoms with E-state index >= 15 is 0 Å². The zero-order valence-corrected chi connectivity index (χ0v) is 22.5. The summed E-state index contributed by atoms with van der Waals surface area (Å²) >= 11 is 0. The van der Waals surface area contributed by atoms with Crippen LogP contribution in [0, 0.1) is 0 Å². The Labute approximate surface area is 223 Å². The van der Waals surface area contributed by atoms with Gasteiger partial charge in [-0.05, 0) is 56.9 Å². The molecule has 2 unspecified atom stereocenters. The van der Waals surface area contributed by atoms with Crippen LogP contribution in [0.15, 0.2) is 48.5 Å². The van der Waals surface area contributed by atoms with Crippen LogP contribution in [-0.4, -0.2) is 53.9 Å². The van der Waals surface area contributed by atoms with E-state index < -0.39 is 42.2 Å². The summed E-state index contributed by atoms with van der Waals surface area (Å²) in [5.74, 6) is -0.561. The van der Waals surface area contributed by atoms with Crippen LogP contribution in [0.4, 0.5) is 0 Å². The van der Waals surface area contributed by atoms with Crippen LogP contribution in [0.1, 0.15) is 64.1 Å². The maximum atomic E-state index is 14.1. The lowest BCUT2D eigenvalue weighted by Gasteiger charge is -2.30. The normalized spacial score (nSPS) is 14.9. The minimum absolute atomic E-state index is 0.131. The molecule has 1 aliphatic rings. The Morgan fingerprint density at radius 1 is 1.03 bits per heavy atom. The number of hydrogen-bond donors (Lipinski definition) is 3. The Morgan fingerprint density at radius 3 is 2.39 bits per heavy atom. The number of unbranched alkanes of at least 4 members (excludes halogenated alkanes) is 1. The first-order valence-corrected chi connectivity index (χ1v) is 13.0. The number of ether oxygens (including phenoxy) is 3. The topological polar surface area (TPSA) is 123 Å². The standard InChI is InChI=1S/C29H38N2O7/c1-5-6-12-21(28(35)38-29(2,3)4)31-22(15-19-13-14-23-24(16-19)37-18-36-23)27(34)26(30-17-25(32)33)20-10-8-7-9-11-20/h7-11,13-14,16,21-22,26,30-31H,5-6,12,15,17-18H2,1-4H3,(H,32,33)/t21?,22-,26?/m0/s1. The van der Waals surface area contributed by atoms with Gasteiger partial charge in [-0.3, -0.25) is 25.0 Å². The van der Waals surface area contributed by atoms with Crippen molar-refractivity contribution < 1.29 is 33.7 Å². The molecule has 2 aromatic rings. The number of carboxylic acid groups (broad SMARTS) is 1. The van der Waals surface area contributed by atoms with Crippen LogP contribution in [0.3, 0.4) is 0 Å². The summed E-state index contributed by atoms with van der Waals surface area (Å²) < 4.78 is 16.6. The average molecular weight is 527 g/mol. The molecule has 206 valence electrons. The monoisotopic (exact) mass is 526 g/mol. The van der Waals surface area contributed by atoms with Crippen molar-refractivity contribution in [1.29, 1.82) is 0 Å². The van der Waals surface area contributed by atoms with E-state index in [2.05, 4.69) is 10.6 Å². The first-order chi connectivity index (χ1) is 18.1. The number of carbonyl (C=O) groups excluding carboxylic acids is 2. The second-order valence-electron chi connectivity index (χ2n) is 10.4. The summed E-state index contributed by atoms with van der Waals surface area (Å²) in [4.78, 5) is 38.6. The Balaban J connectivity index is 1.95. The number of aliphatic carboxylic acids is 1. The van der Waals surface area contributed by atoms with Gasteiger partial charge in [-0.15, -0.1) is 0 Å². The van der Waals surface area contributed by atoms with Gasteiger partial charge in [-0.1, -0.05) is 56.2 Å². The maximum Gasteiger partial charge on any atom is 0.323 e. The molecule has 0 fully saturated rings. The van der Waals surface area contributed by atoms with Crippen molar-refractivity contribution in [2.24, 2.45) is 0 Å². The van der Waals surface area contributed by atoms with Crippen molar-refractivity contribution in [3.05, 3.63) is 59.7 Å². The Morgan fingerprint density at radius 2 is 1.74 bits per heavy atom. The van der Waals surface area contributed by atoms with Crippen LogP contribution >= 0.6 is 0 Å². The minimum atomic E-state index is -1.08. The van der Waals surface area contributed by atoms with E-state index in [0.717, 1.165) is 18.4 Å². The molecule has 0 bridgehead atoms. The van der Waals surface area contributed by atoms with E-state index in [0.29, 0.717) is 23.5 Å². The lowest BCUT2D eigenvalue weighted by atomic mass is 9.92. The molecule has 0 aliphatic carbocycles. The molecule has 3 rings (SSSR count). The van der Waals surface area contributed by atoms with E-state index in [9.17, 15) is 19.5 Å². The van der Waals surface area contributed by atoms with Gasteiger partial charge in [-0.2, -0.15) is 0 Å². The van der Waals surface area contributed by atoms with Gasteiger partial charge < -0.3 is 19.3 Å².